The highest BCUT2D eigenvalue weighted by Gasteiger charge is 2.16. The van der Waals surface area contributed by atoms with Gasteiger partial charge in [0.15, 0.2) is 0 Å². The van der Waals surface area contributed by atoms with Crippen LogP contribution in [0.3, 0.4) is 0 Å². The maximum absolute atomic E-state index is 9.17. The quantitative estimate of drug-likeness (QED) is 0.532. The number of hydrogen-bond donors (Lipinski definition) is 1. The molecule has 0 amide bonds. The number of unbranched alkanes of at least 4 members (excludes halogenated alkanes) is 3. The van der Waals surface area contributed by atoms with E-state index in [4.69, 9.17) is 0 Å². The molecule has 0 spiro atoms. The molecule has 1 aliphatic rings. The second-order valence-electron chi connectivity index (χ2n) is 5.39. The molecule has 2 nitrogen and oxygen atoms in total. The van der Waals surface area contributed by atoms with Crippen LogP contribution < -0.4 is 5.32 Å². The van der Waals surface area contributed by atoms with Gasteiger partial charge in [-0.1, -0.05) is 58.3 Å². The van der Waals surface area contributed by atoms with Gasteiger partial charge in [0, 0.05) is 6.04 Å². The number of hydrogen-bond acceptors (Lipinski definition) is 2. The van der Waals surface area contributed by atoms with Crippen LogP contribution in [0.5, 0.6) is 0 Å². The van der Waals surface area contributed by atoms with Gasteiger partial charge < -0.3 is 0 Å². The molecule has 0 radical (unpaired) electrons. The number of nitrogens with one attached hydrogen (secondary N) is 1. The normalized spacial score (nSPS) is 19.5. The van der Waals surface area contributed by atoms with Gasteiger partial charge in [0.05, 0.1) is 12.1 Å². The third kappa shape index (κ3) is 6.68. The largest absolute Gasteiger partial charge is 0.299 e. The monoisotopic (exact) mass is 236 g/mol. The number of rotatable bonds is 7. The minimum absolute atomic E-state index is 0.0926. The minimum atomic E-state index is 0.0926. The molecule has 1 unspecified atom stereocenters. The van der Waals surface area contributed by atoms with Crippen LogP contribution in [0.4, 0.5) is 0 Å². The predicted octanol–water partition coefficient (Wildman–Crippen LogP) is 4.16. The van der Waals surface area contributed by atoms with E-state index >= 15 is 0 Å². The maximum atomic E-state index is 9.17. The van der Waals surface area contributed by atoms with Crippen molar-refractivity contribution in [1.29, 1.82) is 5.26 Å². The van der Waals surface area contributed by atoms with E-state index in [0.717, 1.165) is 6.42 Å². The number of nitrogens with zero attached hydrogens (tertiary/aromatic N) is 1. The van der Waals surface area contributed by atoms with E-state index in [1.165, 1.54) is 64.2 Å². The van der Waals surface area contributed by atoms with E-state index in [0.29, 0.717) is 6.04 Å². The zero-order valence-corrected chi connectivity index (χ0v) is 11.4. The van der Waals surface area contributed by atoms with Gasteiger partial charge in [-0.15, -0.1) is 0 Å². The molecule has 17 heavy (non-hydrogen) atoms. The van der Waals surface area contributed by atoms with Crippen molar-refractivity contribution in [2.45, 2.75) is 89.6 Å². The first-order chi connectivity index (χ1) is 8.36. The summed E-state index contributed by atoms with van der Waals surface area (Å²) >= 11 is 0. The molecule has 1 fully saturated rings. The average Bonchev–Trinajstić information content (AvgIpc) is 2.61. The summed E-state index contributed by atoms with van der Waals surface area (Å²) in [5, 5.41) is 12.7. The zero-order valence-electron chi connectivity index (χ0n) is 11.4. The predicted molar refractivity (Wildman–Crippen MR) is 72.8 cm³/mol. The summed E-state index contributed by atoms with van der Waals surface area (Å²) < 4.78 is 0. The Labute approximate surface area is 107 Å². The highest BCUT2D eigenvalue weighted by Crippen LogP contribution is 2.18. The maximum Gasteiger partial charge on any atom is 0.0955 e. The minimum Gasteiger partial charge on any atom is -0.299 e. The van der Waals surface area contributed by atoms with E-state index in [9.17, 15) is 5.26 Å². The van der Waals surface area contributed by atoms with Crippen LogP contribution in [0.1, 0.15) is 77.6 Å². The van der Waals surface area contributed by atoms with Gasteiger partial charge >= 0.3 is 0 Å². The van der Waals surface area contributed by atoms with E-state index in [-0.39, 0.29) is 6.04 Å². The molecule has 1 rings (SSSR count). The van der Waals surface area contributed by atoms with E-state index in [1.807, 2.05) is 0 Å². The Morgan fingerprint density at radius 3 is 2.41 bits per heavy atom. The summed E-state index contributed by atoms with van der Waals surface area (Å²) in [5.41, 5.74) is 0. The molecule has 1 aliphatic carbocycles. The molecule has 0 aromatic rings. The topological polar surface area (TPSA) is 35.8 Å². The van der Waals surface area contributed by atoms with Crippen LogP contribution in [0, 0.1) is 11.3 Å². The first-order valence-corrected chi connectivity index (χ1v) is 7.52. The van der Waals surface area contributed by atoms with Crippen LogP contribution in [0.15, 0.2) is 0 Å². The molecule has 2 heteroatoms. The fourth-order valence-electron chi connectivity index (χ4n) is 2.69. The Kier molecular flexibility index (Phi) is 8.09. The Morgan fingerprint density at radius 2 is 1.82 bits per heavy atom. The molecule has 1 N–H and O–H groups in total. The van der Waals surface area contributed by atoms with Crippen molar-refractivity contribution < 1.29 is 0 Å². The lowest BCUT2D eigenvalue weighted by molar-refractivity contribution is 0.410. The third-order valence-electron chi connectivity index (χ3n) is 3.79. The second kappa shape index (κ2) is 9.48. The molecule has 0 heterocycles. The lowest BCUT2D eigenvalue weighted by Gasteiger charge is -2.20. The number of nitriles is 1. The summed E-state index contributed by atoms with van der Waals surface area (Å²) in [6.45, 7) is 2.23. The lowest BCUT2D eigenvalue weighted by atomic mass is 10.0. The van der Waals surface area contributed by atoms with Crippen molar-refractivity contribution in [3.63, 3.8) is 0 Å². The van der Waals surface area contributed by atoms with Gasteiger partial charge in [-0.05, 0) is 19.3 Å². The SMILES string of the molecule is CCCCCCC(C#N)NC1CCCCCC1. The molecule has 0 saturated heterocycles. The molecular weight excluding hydrogens is 208 g/mol. The molecule has 1 atom stereocenters. The van der Waals surface area contributed by atoms with E-state index < -0.39 is 0 Å². The highest BCUT2D eigenvalue weighted by molar-refractivity contribution is 4.92. The van der Waals surface area contributed by atoms with Crippen LogP contribution in [0.25, 0.3) is 0 Å². The van der Waals surface area contributed by atoms with Crippen molar-refractivity contribution in [2.75, 3.05) is 0 Å². The Balaban J connectivity index is 2.18. The van der Waals surface area contributed by atoms with Crippen LogP contribution in [-0.4, -0.2) is 12.1 Å². The standard InChI is InChI=1S/C15H28N2/c1-2-3-4-7-12-15(13-16)17-14-10-8-5-6-9-11-14/h14-15,17H,2-12H2,1H3. The summed E-state index contributed by atoms with van der Waals surface area (Å²) in [5.74, 6) is 0. The summed E-state index contributed by atoms with van der Waals surface area (Å²) in [4.78, 5) is 0. The third-order valence-corrected chi connectivity index (χ3v) is 3.79. The fourth-order valence-corrected chi connectivity index (χ4v) is 2.69. The van der Waals surface area contributed by atoms with E-state index in [1.54, 1.807) is 0 Å². The first kappa shape index (κ1) is 14.5. The zero-order chi connectivity index (χ0) is 12.3. The molecule has 0 aliphatic heterocycles. The van der Waals surface area contributed by atoms with Crippen molar-refractivity contribution in [3.8, 4) is 6.07 Å². The summed E-state index contributed by atoms with van der Waals surface area (Å²) in [6.07, 6.45) is 14.1. The second-order valence-corrected chi connectivity index (χ2v) is 5.39. The smallest absolute Gasteiger partial charge is 0.0955 e. The molecule has 0 aromatic heterocycles. The van der Waals surface area contributed by atoms with Gasteiger partial charge in [-0.25, -0.2) is 0 Å². The summed E-state index contributed by atoms with van der Waals surface area (Å²) in [6, 6.07) is 3.13. The first-order valence-electron chi connectivity index (χ1n) is 7.52. The molecule has 98 valence electrons. The van der Waals surface area contributed by atoms with Crippen LogP contribution in [-0.2, 0) is 0 Å². The van der Waals surface area contributed by atoms with Gasteiger partial charge in [-0.2, -0.15) is 5.26 Å². The van der Waals surface area contributed by atoms with Gasteiger partial charge in [-0.3, -0.25) is 5.32 Å². The Bertz CT molecular complexity index is 211. The van der Waals surface area contributed by atoms with Crippen LogP contribution >= 0.6 is 0 Å². The molecule has 1 saturated carbocycles. The lowest BCUT2D eigenvalue weighted by Crippen LogP contribution is -2.37. The Morgan fingerprint density at radius 1 is 1.12 bits per heavy atom. The molecular formula is C15H28N2. The van der Waals surface area contributed by atoms with Crippen molar-refractivity contribution in [1.82, 2.24) is 5.32 Å². The summed E-state index contributed by atoms with van der Waals surface area (Å²) in [7, 11) is 0. The van der Waals surface area contributed by atoms with Gasteiger partial charge in [0.2, 0.25) is 0 Å². The Hall–Kier alpha value is -0.550. The average molecular weight is 236 g/mol. The van der Waals surface area contributed by atoms with Crippen LogP contribution in [0.2, 0.25) is 0 Å². The highest BCUT2D eigenvalue weighted by atomic mass is 14.9. The van der Waals surface area contributed by atoms with E-state index in [2.05, 4.69) is 18.3 Å². The molecule has 0 aromatic carbocycles. The van der Waals surface area contributed by atoms with Crippen molar-refractivity contribution in [3.05, 3.63) is 0 Å². The molecule has 0 bridgehead atoms. The fraction of sp³-hybridized carbons (Fsp3) is 0.933. The van der Waals surface area contributed by atoms with Crippen molar-refractivity contribution >= 4 is 0 Å². The van der Waals surface area contributed by atoms with Gasteiger partial charge in [0.1, 0.15) is 0 Å². The van der Waals surface area contributed by atoms with Crippen molar-refractivity contribution in [2.24, 2.45) is 0 Å². The van der Waals surface area contributed by atoms with Gasteiger partial charge in [0.25, 0.3) is 0 Å².